The molecule has 4 rings (SSSR count). The fourth-order valence-electron chi connectivity index (χ4n) is 3.11. The molecule has 2 aliphatic rings. The standard InChI is InChI=1S/C19H15BrN4O4S/c1-29-19-22-18(27)16-12-8-10(20)6-7-13(12)21-17(24(16)23-19)11-4-2-3-5-14(11)28-9-15(25)26/h2-8,17H,9H2,1H3,(H,25,26)(H,22,23,27). The summed E-state index contributed by atoms with van der Waals surface area (Å²) in [5, 5.41) is 19.6. The van der Waals surface area contributed by atoms with Crippen molar-refractivity contribution in [2.24, 2.45) is 10.1 Å². The maximum atomic E-state index is 12.9. The Morgan fingerprint density at radius 1 is 1.34 bits per heavy atom. The van der Waals surface area contributed by atoms with E-state index in [1.807, 2.05) is 24.5 Å². The van der Waals surface area contributed by atoms with Crippen molar-refractivity contribution in [2.45, 2.75) is 6.17 Å². The molecule has 0 saturated carbocycles. The van der Waals surface area contributed by atoms with Gasteiger partial charge in [-0.05, 0) is 30.5 Å². The number of thioether (sulfide) groups is 1. The molecule has 2 aromatic carbocycles. The number of carbonyl (C=O) groups excluding carboxylic acids is 1. The second kappa shape index (κ2) is 7.88. The number of hydrogen-bond acceptors (Lipinski definition) is 7. The topological polar surface area (TPSA) is 104 Å². The van der Waals surface area contributed by atoms with Crippen molar-refractivity contribution in [1.82, 2.24) is 10.3 Å². The molecule has 0 radical (unpaired) electrons. The molecule has 0 saturated heterocycles. The summed E-state index contributed by atoms with van der Waals surface area (Å²) in [5.41, 5.74) is 0.978. The van der Waals surface area contributed by atoms with Gasteiger partial charge in [0.15, 0.2) is 17.9 Å². The molecule has 29 heavy (non-hydrogen) atoms. The molecule has 0 spiro atoms. The van der Waals surface area contributed by atoms with Crippen LogP contribution >= 0.6 is 27.7 Å². The number of amides is 1. The second-order valence-electron chi connectivity index (χ2n) is 6.14. The number of carboxylic acid groups (broad SMARTS) is 1. The molecule has 8 nitrogen and oxygen atoms in total. The number of halogens is 1. The summed E-state index contributed by atoms with van der Waals surface area (Å²) in [4.78, 5) is 28.7. The third-order valence-electron chi connectivity index (χ3n) is 4.31. The number of aliphatic carboxylic acids is 1. The summed E-state index contributed by atoms with van der Waals surface area (Å²) < 4.78 is 6.28. The lowest BCUT2D eigenvalue weighted by molar-refractivity contribution is -0.139. The number of hydrogen-bond donors (Lipinski definition) is 2. The van der Waals surface area contributed by atoms with Crippen LogP contribution in [0.4, 0.5) is 0 Å². The molecule has 2 N–H and O–H groups in total. The number of carboxylic acids is 1. The number of para-hydroxylation sites is 1. The molecule has 0 fully saturated rings. The first kappa shape index (κ1) is 19.5. The lowest BCUT2D eigenvalue weighted by atomic mass is 10.1. The van der Waals surface area contributed by atoms with E-state index >= 15 is 0 Å². The Bertz CT molecular complexity index is 1170. The van der Waals surface area contributed by atoms with Crippen molar-refractivity contribution in [2.75, 3.05) is 12.9 Å². The van der Waals surface area contributed by atoms with Crippen LogP contribution in [0.2, 0.25) is 0 Å². The maximum absolute atomic E-state index is 12.9. The van der Waals surface area contributed by atoms with E-state index in [1.54, 1.807) is 29.3 Å². The third-order valence-corrected chi connectivity index (χ3v) is 5.38. The zero-order valence-corrected chi connectivity index (χ0v) is 17.5. The van der Waals surface area contributed by atoms with E-state index in [0.717, 1.165) is 4.47 Å². The normalized spacial score (nSPS) is 17.5. The molecule has 1 atom stereocenters. The zero-order chi connectivity index (χ0) is 20.5. The van der Waals surface area contributed by atoms with Crippen LogP contribution in [0.3, 0.4) is 0 Å². The molecule has 148 valence electrons. The number of benzene rings is 2. The molecule has 0 aliphatic carbocycles. The Morgan fingerprint density at radius 2 is 2.14 bits per heavy atom. The summed E-state index contributed by atoms with van der Waals surface area (Å²) in [5.74, 6) is -0.995. The molecule has 2 aliphatic heterocycles. The largest absolute Gasteiger partial charge is 0.481 e. The van der Waals surface area contributed by atoms with E-state index in [1.165, 1.54) is 11.8 Å². The van der Waals surface area contributed by atoms with Gasteiger partial charge in [-0.1, -0.05) is 45.9 Å². The Kier molecular flexibility index (Phi) is 5.29. The van der Waals surface area contributed by atoms with Crippen molar-refractivity contribution >= 4 is 50.4 Å². The summed E-state index contributed by atoms with van der Waals surface area (Å²) in [6, 6.07) is 12.5. The highest BCUT2D eigenvalue weighted by Gasteiger charge is 2.35. The van der Waals surface area contributed by atoms with Crippen molar-refractivity contribution < 1.29 is 19.4 Å². The van der Waals surface area contributed by atoms with Crippen molar-refractivity contribution in [3.63, 3.8) is 0 Å². The minimum atomic E-state index is -1.08. The number of hydrazone groups is 1. The van der Waals surface area contributed by atoms with Crippen LogP contribution in [0.15, 0.2) is 57.0 Å². The highest BCUT2D eigenvalue weighted by Crippen LogP contribution is 2.35. The number of nitrogens with zero attached hydrogens (tertiary/aromatic N) is 3. The van der Waals surface area contributed by atoms with E-state index in [0.29, 0.717) is 32.8 Å². The average molecular weight is 475 g/mol. The number of fused-ring (bicyclic) bond motifs is 2. The third kappa shape index (κ3) is 3.73. The Hall–Kier alpha value is -2.85. The molecule has 1 unspecified atom stereocenters. The quantitative estimate of drug-likeness (QED) is 0.694. The second-order valence-corrected chi connectivity index (χ2v) is 7.85. The number of nitrogens with one attached hydrogen (secondary N) is 1. The molecule has 1 amide bonds. The lowest BCUT2D eigenvalue weighted by Gasteiger charge is -2.34. The van der Waals surface area contributed by atoms with Gasteiger partial charge in [-0.15, -0.1) is 5.10 Å². The van der Waals surface area contributed by atoms with Crippen molar-refractivity contribution in [3.05, 3.63) is 63.1 Å². The Balaban J connectivity index is 1.93. The van der Waals surface area contributed by atoms with Crippen LogP contribution < -0.4 is 20.6 Å². The zero-order valence-electron chi connectivity index (χ0n) is 15.1. The fourth-order valence-corrected chi connectivity index (χ4v) is 3.84. The predicted octanol–water partition coefficient (Wildman–Crippen LogP) is 1.42. The van der Waals surface area contributed by atoms with Crippen LogP contribution in [-0.4, -0.2) is 40.0 Å². The van der Waals surface area contributed by atoms with E-state index in [-0.39, 0.29) is 5.91 Å². The molecule has 10 heteroatoms. The van der Waals surface area contributed by atoms with Gasteiger partial charge in [0.05, 0.1) is 5.36 Å². The number of carbonyl (C=O) groups is 2. The van der Waals surface area contributed by atoms with E-state index in [4.69, 9.17) is 14.8 Å². The van der Waals surface area contributed by atoms with Crippen LogP contribution in [0.1, 0.15) is 11.7 Å². The van der Waals surface area contributed by atoms with Gasteiger partial charge in [-0.25, -0.2) is 9.80 Å². The van der Waals surface area contributed by atoms with Gasteiger partial charge in [0, 0.05) is 15.3 Å². The van der Waals surface area contributed by atoms with Crippen LogP contribution in [-0.2, 0) is 9.59 Å². The van der Waals surface area contributed by atoms with E-state index < -0.39 is 18.7 Å². The van der Waals surface area contributed by atoms with E-state index in [2.05, 4.69) is 26.3 Å². The Morgan fingerprint density at radius 3 is 2.90 bits per heavy atom. The lowest BCUT2D eigenvalue weighted by Crippen LogP contribution is -2.50. The fraction of sp³-hybridized carbons (Fsp3) is 0.158. The Labute approximate surface area is 178 Å². The van der Waals surface area contributed by atoms with Gasteiger partial charge in [-0.3, -0.25) is 15.1 Å². The van der Waals surface area contributed by atoms with Gasteiger partial charge in [0.1, 0.15) is 11.4 Å². The highest BCUT2D eigenvalue weighted by atomic mass is 79.9. The molecule has 0 bridgehead atoms. The first-order valence-electron chi connectivity index (χ1n) is 8.52. The first-order valence-corrected chi connectivity index (χ1v) is 10.5. The smallest absolute Gasteiger partial charge is 0.341 e. The summed E-state index contributed by atoms with van der Waals surface area (Å²) >= 11 is 4.75. The molecule has 0 aromatic heterocycles. The molecular formula is C19H15BrN4O4S. The summed E-state index contributed by atoms with van der Waals surface area (Å²) in [6.45, 7) is -0.482. The SMILES string of the molecule is CSC1=NN2C(=c3cc(Br)ccc3=NC2c2ccccc2OCC(=O)O)C(=O)N1. The van der Waals surface area contributed by atoms with Gasteiger partial charge in [-0.2, -0.15) is 0 Å². The van der Waals surface area contributed by atoms with Gasteiger partial charge in [0.25, 0.3) is 5.91 Å². The summed E-state index contributed by atoms with van der Waals surface area (Å²) in [7, 11) is 0. The highest BCUT2D eigenvalue weighted by molar-refractivity contribution is 9.10. The average Bonchev–Trinajstić information content (AvgIpc) is 2.71. The minimum Gasteiger partial charge on any atom is -0.481 e. The molecular weight excluding hydrogens is 460 g/mol. The first-order chi connectivity index (χ1) is 14.0. The van der Waals surface area contributed by atoms with Gasteiger partial charge in [0.2, 0.25) is 0 Å². The van der Waals surface area contributed by atoms with Crippen LogP contribution in [0.5, 0.6) is 5.75 Å². The van der Waals surface area contributed by atoms with Crippen LogP contribution in [0.25, 0.3) is 5.70 Å². The van der Waals surface area contributed by atoms with Crippen molar-refractivity contribution in [3.8, 4) is 5.75 Å². The number of rotatable bonds is 4. The summed E-state index contributed by atoms with van der Waals surface area (Å²) in [6.07, 6.45) is 1.13. The van der Waals surface area contributed by atoms with Gasteiger partial charge >= 0.3 is 5.97 Å². The minimum absolute atomic E-state index is 0.285. The predicted molar refractivity (Wildman–Crippen MR) is 112 cm³/mol. The van der Waals surface area contributed by atoms with Crippen LogP contribution in [0, 0.1) is 0 Å². The van der Waals surface area contributed by atoms with E-state index in [9.17, 15) is 9.59 Å². The number of ether oxygens (including phenoxy) is 1. The molecule has 2 aromatic rings. The monoisotopic (exact) mass is 474 g/mol. The van der Waals surface area contributed by atoms with Crippen molar-refractivity contribution in [1.29, 1.82) is 0 Å². The molecule has 2 heterocycles. The van der Waals surface area contributed by atoms with Gasteiger partial charge < -0.3 is 9.84 Å². The number of amidine groups is 1. The maximum Gasteiger partial charge on any atom is 0.341 e.